The van der Waals surface area contributed by atoms with E-state index in [1.54, 1.807) is 49.4 Å². The minimum Gasteiger partial charge on any atom is -0.493 e. The Balaban J connectivity index is 1.46. The van der Waals surface area contributed by atoms with Crippen LogP contribution < -0.4 is 20.1 Å². The second-order valence-electron chi connectivity index (χ2n) is 8.96. The molecule has 0 saturated carbocycles. The lowest BCUT2D eigenvalue weighted by Gasteiger charge is -2.12. The Morgan fingerprint density at radius 3 is 2.33 bits per heavy atom. The maximum Gasteiger partial charge on any atom is 0.338 e. The van der Waals surface area contributed by atoms with Crippen LogP contribution in [-0.4, -0.2) is 59.1 Å². The maximum atomic E-state index is 12.9. The summed E-state index contributed by atoms with van der Waals surface area (Å²) in [7, 11) is 3.03. The lowest BCUT2D eigenvalue weighted by Crippen LogP contribution is -2.24. The van der Waals surface area contributed by atoms with Gasteiger partial charge < -0.3 is 24.8 Å². The molecule has 4 rings (SSSR count). The van der Waals surface area contributed by atoms with Crippen LogP contribution in [0, 0.1) is 6.92 Å². The van der Waals surface area contributed by atoms with E-state index in [0.717, 1.165) is 11.3 Å². The van der Waals surface area contributed by atoms with Crippen LogP contribution in [-0.2, 0) is 16.1 Å². The smallest absolute Gasteiger partial charge is 0.338 e. The van der Waals surface area contributed by atoms with E-state index < -0.39 is 5.97 Å². The van der Waals surface area contributed by atoms with Gasteiger partial charge in [0.25, 0.3) is 5.91 Å². The summed E-state index contributed by atoms with van der Waals surface area (Å²) in [5.74, 6) is 0.515. The summed E-state index contributed by atoms with van der Waals surface area (Å²) in [6, 6.07) is 19.1. The minimum absolute atomic E-state index is 0.0571. The standard InChI is InChI=1S/C30H31N5O6S/c1-5-41-29(38)20-9-12-22(13-10-20)32-27(36)18-42-30-34-33-26(35(30)23-8-6-7-19(2)15-23)17-31-28(37)21-11-14-24(39-3)25(16-21)40-4/h6-16H,5,17-18H2,1-4H3,(H,31,37)(H,32,36). The van der Waals surface area contributed by atoms with Gasteiger partial charge in [-0.05, 0) is 74.0 Å². The third kappa shape index (κ3) is 7.46. The summed E-state index contributed by atoms with van der Waals surface area (Å²) < 4.78 is 17.3. The molecule has 0 fully saturated rings. The Hall–Kier alpha value is -4.84. The van der Waals surface area contributed by atoms with Crippen molar-refractivity contribution in [2.24, 2.45) is 0 Å². The van der Waals surface area contributed by atoms with Gasteiger partial charge in [-0.25, -0.2) is 4.79 Å². The van der Waals surface area contributed by atoms with Gasteiger partial charge in [-0.15, -0.1) is 10.2 Å². The van der Waals surface area contributed by atoms with Gasteiger partial charge in [-0.3, -0.25) is 14.2 Å². The maximum absolute atomic E-state index is 12.9. The molecular formula is C30H31N5O6S. The minimum atomic E-state index is -0.419. The van der Waals surface area contributed by atoms with Gasteiger partial charge in [0.2, 0.25) is 5.91 Å². The quantitative estimate of drug-likeness (QED) is 0.182. The fourth-order valence-electron chi connectivity index (χ4n) is 4.00. The Kier molecular flexibility index (Phi) is 10.2. The van der Waals surface area contributed by atoms with Gasteiger partial charge in [-0.2, -0.15) is 0 Å². The van der Waals surface area contributed by atoms with Crippen molar-refractivity contribution in [2.45, 2.75) is 25.5 Å². The van der Waals surface area contributed by atoms with Crippen molar-refractivity contribution < 1.29 is 28.6 Å². The fourth-order valence-corrected chi connectivity index (χ4v) is 4.78. The Morgan fingerprint density at radius 1 is 0.905 bits per heavy atom. The number of rotatable bonds is 12. The van der Waals surface area contributed by atoms with Crippen molar-refractivity contribution in [3.63, 3.8) is 0 Å². The Morgan fingerprint density at radius 2 is 1.64 bits per heavy atom. The number of benzene rings is 3. The molecule has 12 heteroatoms. The molecule has 218 valence electrons. The van der Waals surface area contributed by atoms with E-state index in [1.165, 1.54) is 26.0 Å². The lowest BCUT2D eigenvalue weighted by atomic mass is 10.2. The molecule has 2 amide bonds. The first-order valence-corrected chi connectivity index (χ1v) is 14.0. The predicted octanol–water partition coefficient (Wildman–Crippen LogP) is 4.43. The van der Waals surface area contributed by atoms with Gasteiger partial charge in [0.1, 0.15) is 0 Å². The lowest BCUT2D eigenvalue weighted by molar-refractivity contribution is -0.113. The number of hydrogen-bond acceptors (Lipinski definition) is 9. The molecular weight excluding hydrogens is 558 g/mol. The number of esters is 1. The summed E-state index contributed by atoms with van der Waals surface area (Å²) in [5, 5.41) is 14.8. The highest BCUT2D eigenvalue weighted by Gasteiger charge is 2.18. The van der Waals surface area contributed by atoms with Crippen LogP contribution in [0.5, 0.6) is 11.5 Å². The van der Waals surface area contributed by atoms with Crippen molar-refractivity contribution in [2.75, 3.05) is 31.9 Å². The molecule has 0 saturated heterocycles. The molecule has 0 atom stereocenters. The third-order valence-electron chi connectivity index (χ3n) is 6.03. The topological polar surface area (TPSA) is 134 Å². The van der Waals surface area contributed by atoms with Crippen molar-refractivity contribution in [1.82, 2.24) is 20.1 Å². The van der Waals surface area contributed by atoms with Crippen LogP contribution >= 0.6 is 11.8 Å². The molecule has 2 N–H and O–H groups in total. The molecule has 0 spiro atoms. The Bertz CT molecular complexity index is 1570. The van der Waals surface area contributed by atoms with Crippen LogP contribution in [0.4, 0.5) is 5.69 Å². The summed E-state index contributed by atoms with van der Waals surface area (Å²) >= 11 is 1.21. The largest absolute Gasteiger partial charge is 0.493 e. The monoisotopic (exact) mass is 589 g/mol. The second kappa shape index (κ2) is 14.2. The number of anilines is 1. The first kappa shape index (κ1) is 30.1. The van der Waals surface area contributed by atoms with Crippen LogP contribution in [0.1, 0.15) is 39.0 Å². The van der Waals surface area contributed by atoms with Crippen molar-refractivity contribution in [1.29, 1.82) is 0 Å². The van der Waals surface area contributed by atoms with Crippen molar-refractivity contribution in [3.8, 4) is 17.2 Å². The van der Waals surface area contributed by atoms with Gasteiger partial charge >= 0.3 is 5.97 Å². The average molecular weight is 590 g/mol. The fraction of sp³-hybridized carbons (Fsp3) is 0.233. The van der Waals surface area contributed by atoms with Gasteiger partial charge in [0.05, 0.1) is 38.7 Å². The first-order chi connectivity index (χ1) is 20.3. The first-order valence-electron chi connectivity index (χ1n) is 13.0. The van der Waals surface area contributed by atoms with E-state index in [-0.39, 0.29) is 30.7 Å². The number of thioether (sulfide) groups is 1. The Labute approximate surface area is 247 Å². The van der Waals surface area contributed by atoms with E-state index in [9.17, 15) is 14.4 Å². The zero-order chi connectivity index (χ0) is 30.1. The molecule has 42 heavy (non-hydrogen) atoms. The number of methoxy groups -OCH3 is 2. The predicted molar refractivity (Wildman–Crippen MR) is 159 cm³/mol. The molecule has 0 bridgehead atoms. The number of hydrogen-bond donors (Lipinski definition) is 2. The molecule has 1 aromatic heterocycles. The third-order valence-corrected chi connectivity index (χ3v) is 6.95. The number of aryl methyl sites for hydroxylation is 1. The normalized spacial score (nSPS) is 10.6. The van der Waals surface area contributed by atoms with Crippen LogP contribution in [0.25, 0.3) is 5.69 Å². The molecule has 1 heterocycles. The number of ether oxygens (including phenoxy) is 3. The molecule has 0 radical (unpaired) electrons. The van der Waals surface area contributed by atoms with Crippen LogP contribution in [0.3, 0.4) is 0 Å². The highest BCUT2D eigenvalue weighted by Crippen LogP contribution is 2.28. The number of carbonyl (C=O) groups excluding carboxylic acids is 3. The number of nitrogens with zero attached hydrogens (tertiary/aromatic N) is 3. The van der Waals surface area contributed by atoms with Crippen molar-refractivity contribution in [3.05, 3.63) is 89.2 Å². The molecule has 3 aromatic carbocycles. The van der Waals surface area contributed by atoms with Crippen molar-refractivity contribution >= 4 is 35.2 Å². The highest BCUT2D eigenvalue weighted by atomic mass is 32.2. The highest BCUT2D eigenvalue weighted by molar-refractivity contribution is 7.99. The van der Waals surface area contributed by atoms with Gasteiger partial charge in [0.15, 0.2) is 22.5 Å². The number of carbonyl (C=O) groups is 3. The summed E-state index contributed by atoms with van der Waals surface area (Å²) in [6.07, 6.45) is 0. The second-order valence-corrected chi connectivity index (χ2v) is 9.90. The zero-order valence-corrected chi connectivity index (χ0v) is 24.5. The summed E-state index contributed by atoms with van der Waals surface area (Å²) in [4.78, 5) is 37.5. The SMILES string of the molecule is CCOC(=O)c1ccc(NC(=O)CSc2nnc(CNC(=O)c3ccc(OC)c(OC)c3)n2-c2cccc(C)c2)cc1. The molecule has 11 nitrogen and oxygen atoms in total. The van der Waals surface area contributed by atoms with Crippen LogP contribution in [0.2, 0.25) is 0 Å². The summed E-state index contributed by atoms with van der Waals surface area (Å²) in [6.45, 7) is 4.09. The molecule has 0 unspecified atom stereocenters. The van der Waals surface area contributed by atoms with E-state index in [2.05, 4.69) is 20.8 Å². The zero-order valence-electron chi connectivity index (χ0n) is 23.7. The van der Waals surface area contributed by atoms with Crippen LogP contribution in [0.15, 0.2) is 71.9 Å². The van der Waals surface area contributed by atoms with Gasteiger partial charge in [0, 0.05) is 16.9 Å². The van der Waals surface area contributed by atoms with Gasteiger partial charge in [-0.1, -0.05) is 23.9 Å². The number of nitrogens with one attached hydrogen (secondary N) is 2. The number of aromatic nitrogens is 3. The van der Waals surface area contributed by atoms with E-state index in [4.69, 9.17) is 14.2 Å². The van der Waals surface area contributed by atoms with E-state index in [0.29, 0.717) is 39.3 Å². The summed E-state index contributed by atoms with van der Waals surface area (Å²) in [5.41, 5.74) is 3.18. The van der Waals surface area contributed by atoms with E-state index in [1.807, 2.05) is 35.8 Å². The molecule has 0 aliphatic carbocycles. The average Bonchev–Trinajstić information content (AvgIpc) is 3.41. The number of amides is 2. The van der Waals surface area contributed by atoms with E-state index >= 15 is 0 Å². The molecule has 0 aliphatic rings. The molecule has 4 aromatic rings. The molecule has 0 aliphatic heterocycles.